The second kappa shape index (κ2) is 3.13. The third-order valence-electron chi connectivity index (χ3n) is 1.93. The lowest BCUT2D eigenvalue weighted by Crippen LogP contribution is -2.19. The Bertz CT molecular complexity index is 394. The zero-order valence-corrected chi connectivity index (χ0v) is 7.12. The van der Waals surface area contributed by atoms with E-state index in [-0.39, 0.29) is 17.1 Å². The van der Waals surface area contributed by atoms with Crippen molar-refractivity contribution in [1.29, 1.82) is 0 Å². The number of fused-ring (bicyclic) bond motifs is 1. The van der Waals surface area contributed by atoms with E-state index in [1.807, 2.05) is 0 Å². The van der Waals surface area contributed by atoms with Gasteiger partial charge in [-0.05, 0) is 6.07 Å². The highest BCUT2D eigenvalue weighted by atomic mass is 19.1. The van der Waals surface area contributed by atoms with Gasteiger partial charge in [-0.15, -0.1) is 0 Å². The van der Waals surface area contributed by atoms with Crippen LogP contribution in [0, 0.1) is 15.9 Å². The second-order valence-corrected chi connectivity index (χ2v) is 2.80. The van der Waals surface area contributed by atoms with Crippen molar-refractivity contribution in [3.63, 3.8) is 0 Å². The summed E-state index contributed by atoms with van der Waals surface area (Å²) in [7, 11) is 0. The molecule has 0 saturated heterocycles. The van der Waals surface area contributed by atoms with Gasteiger partial charge in [0, 0.05) is 12.6 Å². The van der Waals surface area contributed by atoms with Gasteiger partial charge in [-0.2, -0.15) is 0 Å². The van der Waals surface area contributed by atoms with Gasteiger partial charge in [0.15, 0.2) is 17.3 Å². The fraction of sp³-hybridized carbons (Fsp3) is 0.250. The van der Waals surface area contributed by atoms with E-state index in [1.54, 1.807) is 0 Å². The van der Waals surface area contributed by atoms with Crippen LogP contribution in [0.4, 0.5) is 15.8 Å². The summed E-state index contributed by atoms with van der Waals surface area (Å²) >= 11 is 0. The molecule has 1 aromatic carbocycles. The van der Waals surface area contributed by atoms with Crippen molar-refractivity contribution in [3.8, 4) is 5.75 Å². The van der Waals surface area contributed by atoms with Crippen LogP contribution in [0.3, 0.4) is 0 Å². The van der Waals surface area contributed by atoms with E-state index in [0.29, 0.717) is 13.2 Å². The van der Waals surface area contributed by atoms with Crippen molar-refractivity contribution in [1.82, 2.24) is 0 Å². The molecule has 14 heavy (non-hydrogen) atoms. The number of nitro groups is 1. The molecule has 0 aliphatic carbocycles. The average molecular weight is 198 g/mol. The SMILES string of the molecule is O=[N+]([O-])c1ccc(F)c2c1NCCO2. The summed E-state index contributed by atoms with van der Waals surface area (Å²) in [6.07, 6.45) is 0. The molecule has 0 aromatic heterocycles. The summed E-state index contributed by atoms with van der Waals surface area (Å²) in [4.78, 5) is 10.0. The molecule has 1 aliphatic rings. The van der Waals surface area contributed by atoms with Gasteiger partial charge in [0.2, 0.25) is 0 Å². The fourth-order valence-corrected chi connectivity index (χ4v) is 1.34. The standard InChI is InChI=1S/C8H7FN2O3/c9-5-1-2-6(11(12)13)7-8(5)14-4-3-10-7/h1-2,10H,3-4H2. The van der Waals surface area contributed by atoms with E-state index in [0.717, 1.165) is 12.1 Å². The smallest absolute Gasteiger partial charge is 0.296 e. The number of ether oxygens (including phenoxy) is 1. The molecule has 0 unspecified atom stereocenters. The summed E-state index contributed by atoms with van der Waals surface area (Å²) in [5, 5.41) is 13.3. The summed E-state index contributed by atoms with van der Waals surface area (Å²) in [6, 6.07) is 2.15. The van der Waals surface area contributed by atoms with E-state index in [4.69, 9.17) is 4.74 Å². The molecule has 0 bridgehead atoms. The first-order valence-corrected chi connectivity index (χ1v) is 4.03. The van der Waals surface area contributed by atoms with Gasteiger partial charge < -0.3 is 10.1 Å². The summed E-state index contributed by atoms with van der Waals surface area (Å²) < 4.78 is 18.1. The van der Waals surface area contributed by atoms with Crippen LogP contribution >= 0.6 is 0 Å². The highest BCUT2D eigenvalue weighted by molar-refractivity contribution is 5.71. The molecule has 1 heterocycles. The van der Waals surface area contributed by atoms with E-state index in [9.17, 15) is 14.5 Å². The first-order valence-electron chi connectivity index (χ1n) is 4.03. The lowest BCUT2D eigenvalue weighted by atomic mass is 10.2. The van der Waals surface area contributed by atoms with Crippen LogP contribution in [-0.2, 0) is 0 Å². The van der Waals surface area contributed by atoms with Crippen molar-refractivity contribution in [2.24, 2.45) is 0 Å². The summed E-state index contributed by atoms with van der Waals surface area (Å²) in [5.41, 5.74) is -0.0395. The van der Waals surface area contributed by atoms with Crippen LogP contribution in [-0.4, -0.2) is 18.1 Å². The number of halogens is 1. The topological polar surface area (TPSA) is 64.4 Å². The van der Waals surface area contributed by atoms with Crippen molar-refractivity contribution >= 4 is 11.4 Å². The Hall–Kier alpha value is -1.85. The molecule has 2 rings (SSSR count). The molecule has 1 N–H and O–H groups in total. The van der Waals surface area contributed by atoms with Gasteiger partial charge in [-0.3, -0.25) is 10.1 Å². The van der Waals surface area contributed by atoms with Gasteiger partial charge in [-0.1, -0.05) is 0 Å². The van der Waals surface area contributed by atoms with Crippen LogP contribution in [0.2, 0.25) is 0 Å². The Morgan fingerprint density at radius 3 is 3.07 bits per heavy atom. The minimum atomic E-state index is -0.585. The monoisotopic (exact) mass is 198 g/mol. The zero-order valence-electron chi connectivity index (χ0n) is 7.12. The van der Waals surface area contributed by atoms with Crippen LogP contribution in [0.15, 0.2) is 12.1 Å². The third-order valence-corrected chi connectivity index (χ3v) is 1.93. The minimum absolute atomic E-state index is 0.0644. The van der Waals surface area contributed by atoms with Crippen LogP contribution < -0.4 is 10.1 Å². The molecule has 1 aliphatic heterocycles. The van der Waals surface area contributed by atoms with Gasteiger partial charge >= 0.3 is 0 Å². The Balaban J connectivity index is 2.59. The van der Waals surface area contributed by atoms with Gasteiger partial charge in [-0.25, -0.2) is 4.39 Å². The number of benzene rings is 1. The number of nitro benzene ring substituents is 1. The van der Waals surface area contributed by atoms with Gasteiger partial charge in [0.1, 0.15) is 6.61 Å². The summed E-state index contributed by atoms with van der Waals surface area (Å²) in [6.45, 7) is 0.752. The van der Waals surface area contributed by atoms with Gasteiger partial charge in [0.25, 0.3) is 5.69 Å². The number of hydrogen-bond donors (Lipinski definition) is 1. The highest BCUT2D eigenvalue weighted by Gasteiger charge is 2.24. The fourth-order valence-electron chi connectivity index (χ4n) is 1.34. The van der Waals surface area contributed by atoms with Crippen molar-refractivity contribution in [2.75, 3.05) is 18.5 Å². The number of rotatable bonds is 1. The predicted octanol–water partition coefficient (Wildman–Crippen LogP) is 1.54. The Morgan fingerprint density at radius 1 is 1.57 bits per heavy atom. The Morgan fingerprint density at radius 2 is 2.36 bits per heavy atom. The first kappa shape index (κ1) is 8.74. The largest absolute Gasteiger partial charge is 0.486 e. The molecule has 6 heteroatoms. The molecule has 74 valence electrons. The molecular weight excluding hydrogens is 191 g/mol. The number of hydrogen-bond acceptors (Lipinski definition) is 4. The number of nitrogens with one attached hydrogen (secondary N) is 1. The number of nitrogens with zero attached hydrogens (tertiary/aromatic N) is 1. The first-order chi connectivity index (χ1) is 6.70. The Labute approximate surface area is 78.6 Å². The maximum absolute atomic E-state index is 13.1. The lowest BCUT2D eigenvalue weighted by Gasteiger charge is -2.18. The van der Waals surface area contributed by atoms with E-state index in [1.165, 1.54) is 0 Å². The second-order valence-electron chi connectivity index (χ2n) is 2.80. The average Bonchev–Trinajstić information content (AvgIpc) is 2.18. The van der Waals surface area contributed by atoms with Crippen LogP contribution in [0.1, 0.15) is 0 Å². The predicted molar refractivity (Wildman–Crippen MR) is 47.0 cm³/mol. The van der Waals surface area contributed by atoms with Gasteiger partial charge in [0.05, 0.1) is 4.92 Å². The molecule has 0 amide bonds. The Kier molecular flexibility index (Phi) is 1.95. The quantitative estimate of drug-likeness (QED) is 0.549. The molecule has 0 radical (unpaired) electrons. The molecule has 0 fully saturated rings. The summed E-state index contributed by atoms with van der Waals surface area (Å²) in [5.74, 6) is -0.650. The van der Waals surface area contributed by atoms with E-state index >= 15 is 0 Å². The van der Waals surface area contributed by atoms with E-state index < -0.39 is 10.7 Å². The normalized spacial score (nSPS) is 13.8. The van der Waals surface area contributed by atoms with Crippen molar-refractivity contribution < 1.29 is 14.1 Å². The molecule has 1 aromatic rings. The van der Waals surface area contributed by atoms with E-state index in [2.05, 4.69) is 5.32 Å². The molecule has 0 saturated carbocycles. The molecule has 0 atom stereocenters. The molecular formula is C8H7FN2O3. The van der Waals surface area contributed by atoms with Crippen LogP contribution in [0.25, 0.3) is 0 Å². The van der Waals surface area contributed by atoms with Crippen molar-refractivity contribution in [2.45, 2.75) is 0 Å². The zero-order chi connectivity index (χ0) is 10.1. The maximum Gasteiger partial charge on any atom is 0.296 e. The molecule has 0 spiro atoms. The maximum atomic E-state index is 13.1. The molecule has 5 nitrogen and oxygen atoms in total. The van der Waals surface area contributed by atoms with Crippen LogP contribution in [0.5, 0.6) is 5.75 Å². The minimum Gasteiger partial charge on any atom is -0.486 e. The lowest BCUT2D eigenvalue weighted by molar-refractivity contribution is -0.384. The van der Waals surface area contributed by atoms with Crippen molar-refractivity contribution in [3.05, 3.63) is 28.1 Å². The highest BCUT2D eigenvalue weighted by Crippen LogP contribution is 2.37. The third kappa shape index (κ3) is 1.24. The number of anilines is 1.